The minimum atomic E-state index is -0.0652. The third-order valence-corrected chi connectivity index (χ3v) is 3.90. The van der Waals surface area contributed by atoms with Gasteiger partial charge < -0.3 is 5.73 Å². The second-order valence-corrected chi connectivity index (χ2v) is 5.09. The first-order valence-electron chi connectivity index (χ1n) is 6.53. The molecule has 1 aromatic heterocycles. The Labute approximate surface area is 108 Å². The number of rotatable bonds is 2. The van der Waals surface area contributed by atoms with Gasteiger partial charge in [0, 0.05) is 12.4 Å². The first kappa shape index (κ1) is 11.4. The Kier molecular flexibility index (Phi) is 2.88. The molecule has 1 unspecified atom stereocenters. The maximum atomic E-state index is 6.37. The van der Waals surface area contributed by atoms with Gasteiger partial charge in [-0.3, -0.25) is 4.98 Å². The van der Waals surface area contributed by atoms with Crippen LogP contribution >= 0.6 is 0 Å². The molecule has 18 heavy (non-hydrogen) atoms. The van der Waals surface area contributed by atoms with Gasteiger partial charge in [0.25, 0.3) is 0 Å². The molecular weight excluding hydrogens is 220 g/mol. The van der Waals surface area contributed by atoms with E-state index in [0.29, 0.717) is 0 Å². The molecule has 2 nitrogen and oxygen atoms in total. The summed E-state index contributed by atoms with van der Waals surface area (Å²) in [4.78, 5) is 4.18. The highest BCUT2D eigenvalue weighted by Gasteiger charge is 2.16. The Morgan fingerprint density at radius 1 is 1.17 bits per heavy atom. The quantitative estimate of drug-likeness (QED) is 0.873. The first-order chi connectivity index (χ1) is 8.75. The van der Waals surface area contributed by atoms with Crippen molar-refractivity contribution in [3.63, 3.8) is 0 Å². The maximum absolute atomic E-state index is 6.37. The topological polar surface area (TPSA) is 38.9 Å². The molecule has 1 aliphatic rings. The number of pyridine rings is 1. The van der Waals surface area contributed by atoms with Gasteiger partial charge in [0.05, 0.1) is 6.04 Å². The van der Waals surface area contributed by atoms with Crippen molar-refractivity contribution in [2.45, 2.75) is 32.2 Å². The van der Waals surface area contributed by atoms with Crippen molar-refractivity contribution >= 4 is 0 Å². The molecule has 2 N–H and O–H groups in total. The van der Waals surface area contributed by atoms with Gasteiger partial charge in [-0.05, 0) is 60.1 Å². The van der Waals surface area contributed by atoms with E-state index in [9.17, 15) is 0 Å². The maximum Gasteiger partial charge on any atom is 0.0569 e. The molecular formula is C16H18N2. The average Bonchev–Trinajstić information content (AvgIpc) is 2.85. The lowest BCUT2D eigenvalue weighted by molar-refractivity contribution is 0.849. The van der Waals surface area contributed by atoms with Crippen LogP contribution in [-0.4, -0.2) is 4.98 Å². The van der Waals surface area contributed by atoms with Crippen molar-refractivity contribution < 1.29 is 0 Å². The van der Waals surface area contributed by atoms with Crippen molar-refractivity contribution in [3.8, 4) is 0 Å². The van der Waals surface area contributed by atoms with E-state index in [1.54, 1.807) is 0 Å². The van der Waals surface area contributed by atoms with Crippen LogP contribution in [0.2, 0.25) is 0 Å². The standard InChI is InChI=1S/C16H18N2/c1-11-7-8-18-10-15(11)16(17)14-6-5-12-3-2-4-13(12)9-14/h5-10,16H,2-4,17H2,1H3. The Bertz CT molecular complexity index is 575. The van der Waals surface area contributed by atoms with Crippen molar-refractivity contribution in [2.24, 2.45) is 5.73 Å². The van der Waals surface area contributed by atoms with E-state index in [-0.39, 0.29) is 6.04 Å². The molecule has 0 saturated carbocycles. The molecule has 92 valence electrons. The van der Waals surface area contributed by atoms with Crippen LogP contribution in [0.4, 0.5) is 0 Å². The van der Waals surface area contributed by atoms with E-state index >= 15 is 0 Å². The SMILES string of the molecule is Cc1ccncc1C(N)c1ccc2c(c1)CCC2. The Hall–Kier alpha value is -1.67. The van der Waals surface area contributed by atoms with Crippen LogP contribution in [0.15, 0.2) is 36.7 Å². The van der Waals surface area contributed by atoms with Gasteiger partial charge in [-0.15, -0.1) is 0 Å². The van der Waals surface area contributed by atoms with Crippen LogP contribution in [-0.2, 0) is 12.8 Å². The summed E-state index contributed by atoms with van der Waals surface area (Å²) in [7, 11) is 0. The van der Waals surface area contributed by atoms with Gasteiger partial charge in [-0.2, -0.15) is 0 Å². The summed E-state index contributed by atoms with van der Waals surface area (Å²) in [6.07, 6.45) is 7.39. The molecule has 0 spiro atoms. The van der Waals surface area contributed by atoms with Crippen LogP contribution in [0.25, 0.3) is 0 Å². The largest absolute Gasteiger partial charge is 0.320 e. The molecule has 0 fully saturated rings. The third-order valence-electron chi connectivity index (χ3n) is 3.90. The number of fused-ring (bicyclic) bond motifs is 1. The van der Waals surface area contributed by atoms with E-state index in [0.717, 1.165) is 5.56 Å². The summed E-state index contributed by atoms with van der Waals surface area (Å²) in [5.74, 6) is 0. The number of hydrogen-bond donors (Lipinski definition) is 1. The van der Waals surface area contributed by atoms with Crippen LogP contribution in [0, 0.1) is 6.92 Å². The van der Waals surface area contributed by atoms with E-state index in [2.05, 4.69) is 30.1 Å². The summed E-state index contributed by atoms with van der Waals surface area (Å²) < 4.78 is 0. The zero-order valence-electron chi connectivity index (χ0n) is 10.7. The van der Waals surface area contributed by atoms with Crippen LogP contribution in [0.5, 0.6) is 0 Å². The lowest BCUT2D eigenvalue weighted by Crippen LogP contribution is -2.13. The number of aryl methyl sites for hydroxylation is 3. The third kappa shape index (κ3) is 1.93. The van der Waals surface area contributed by atoms with Gasteiger partial charge in [0.2, 0.25) is 0 Å². The van der Waals surface area contributed by atoms with Gasteiger partial charge in [-0.25, -0.2) is 0 Å². The van der Waals surface area contributed by atoms with Gasteiger partial charge in [0.15, 0.2) is 0 Å². The second-order valence-electron chi connectivity index (χ2n) is 5.09. The molecule has 2 aromatic rings. The predicted octanol–water partition coefficient (Wildman–Crippen LogP) is 2.93. The van der Waals surface area contributed by atoms with E-state index in [1.807, 2.05) is 18.5 Å². The Morgan fingerprint density at radius 3 is 2.83 bits per heavy atom. The zero-order valence-corrected chi connectivity index (χ0v) is 10.7. The zero-order chi connectivity index (χ0) is 12.5. The van der Waals surface area contributed by atoms with Crippen molar-refractivity contribution in [1.29, 1.82) is 0 Å². The fourth-order valence-corrected chi connectivity index (χ4v) is 2.77. The lowest BCUT2D eigenvalue weighted by Gasteiger charge is -2.15. The first-order valence-corrected chi connectivity index (χ1v) is 6.53. The summed E-state index contributed by atoms with van der Waals surface area (Å²) in [6.45, 7) is 2.09. The van der Waals surface area contributed by atoms with Crippen LogP contribution < -0.4 is 5.73 Å². The molecule has 0 amide bonds. The molecule has 2 heteroatoms. The Balaban J connectivity index is 1.98. The van der Waals surface area contributed by atoms with E-state index in [1.165, 1.54) is 41.5 Å². The molecule has 3 rings (SSSR count). The van der Waals surface area contributed by atoms with Crippen LogP contribution in [0.1, 0.15) is 40.3 Å². The predicted molar refractivity (Wildman–Crippen MR) is 73.5 cm³/mol. The van der Waals surface area contributed by atoms with Gasteiger partial charge in [-0.1, -0.05) is 18.2 Å². The monoisotopic (exact) mass is 238 g/mol. The summed E-state index contributed by atoms with van der Waals surface area (Å²) in [6, 6.07) is 8.64. The minimum absolute atomic E-state index is 0.0652. The number of nitrogens with two attached hydrogens (primary N) is 1. The summed E-state index contributed by atoms with van der Waals surface area (Å²) in [5, 5.41) is 0. The molecule has 0 saturated heterocycles. The normalized spacial score (nSPS) is 15.4. The molecule has 0 bridgehead atoms. The van der Waals surface area contributed by atoms with Crippen molar-refractivity contribution in [1.82, 2.24) is 4.98 Å². The number of aromatic nitrogens is 1. The second kappa shape index (κ2) is 4.54. The van der Waals surface area contributed by atoms with Gasteiger partial charge in [0.1, 0.15) is 0 Å². The van der Waals surface area contributed by atoms with Crippen LogP contribution in [0.3, 0.4) is 0 Å². The molecule has 0 aliphatic heterocycles. The summed E-state index contributed by atoms with van der Waals surface area (Å²) in [5.41, 5.74) is 12.9. The fraction of sp³-hybridized carbons (Fsp3) is 0.312. The summed E-state index contributed by atoms with van der Waals surface area (Å²) >= 11 is 0. The lowest BCUT2D eigenvalue weighted by atomic mass is 9.95. The number of hydrogen-bond acceptors (Lipinski definition) is 2. The number of benzene rings is 1. The van der Waals surface area contributed by atoms with E-state index < -0.39 is 0 Å². The number of nitrogens with zero attached hydrogens (tertiary/aromatic N) is 1. The molecule has 0 radical (unpaired) electrons. The minimum Gasteiger partial charge on any atom is -0.320 e. The molecule has 1 atom stereocenters. The molecule has 1 aliphatic carbocycles. The smallest absolute Gasteiger partial charge is 0.0569 e. The highest BCUT2D eigenvalue weighted by Crippen LogP contribution is 2.28. The Morgan fingerprint density at radius 2 is 2.00 bits per heavy atom. The average molecular weight is 238 g/mol. The van der Waals surface area contributed by atoms with E-state index in [4.69, 9.17) is 5.73 Å². The molecule has 1 heterocycles. The molecule has 1 aromatic carbocycles. The highest BCUT2D eigenvalue weighted by molar-refractivity contribution is 5.40. The highest BCUT2D eigenvalue weighted by atomic mass is 14.7. The van der Waals surface area contributed by atoms with Crippen molar-refractivity contribution in [3.05, 3.63) is 64.5 Å². The fourth-order valence-electron chi connectivity index (χ4n) is 2.77. The van der Waals surface area contributed by atoms with Gasteiger partial charge >= 0.3 is 0 Å². The van der Waals surface area contributed by atoms with Crippen molar-refractivity contribution in [2.75, 3.05) is 0 Å².